The number of carbonyl (C=O) groups is 2. The second kappa shape index (κ2) is 9.05. The number of nitrogens with zero attached hydrogens (tertiary/aromatic N) is 1. The maximum absolute atomic E-state index is 12.8. The minimum Gasteiger partial charge on any atom is -0.452 e. The monoisotopic (exact) mass is 415 g/mol. The Bertz CT molecular complexity index is 824. The molecule has 6 heteroatoms. The van der Waals surface area contributed by atoms with Gasteiger partial charge in [-0.2, -0.15) is 0 Å². The molecule has 4 nitrogen and oxygen atoms in total. The summed E-state index contributed by atoms with van der Waals surface area (Å²) >= 11 is 3.07. The molecule has 0 bridgehead atoms. The number of esters is 1. The van der Waals surface area contributed by atoms with Gasteiger partial charge < -0.3 is 9.64 Å². The van der Waals surface area contributed by atoms with Gasteiger partial charge in [-0.15, -0.1) is 22.7 Å². The molecule has 1 amide bonds. The van der Waals surface area contributed by atoms with Crippen molar-refractivity contribution in [3.05, 3.63) is 44.8 Å². The predicted octanol–water partition coefficient (Wildman–Crippen LogP) is 5.07. The Kier molecular flexibility index (Phi) is 6.27. The molecule has 0 N–H and O–H groups in total. The third-order valence-electron chi connectivity index (χ3n) is 5.73. The van der Waals surface area contributed by atoms with Crippen LogP contribution in [-0.2, 0) is 14.3 Å². The van der Waals surface area contributed by atoms with Crippen LogP contribution < -0.4 is 0 Å². The summed E-state index contributed by atoms with van der Waals surface area (Å²) < 4.78 is 5.48. The number of fused-ring (bicyclic) bond motifs is 1. The highest BCUT2D eigenvalue weighted by molar-refractivity contribution is 7.12. The molecule has 0 aromatic carbocycles. The lowest BCUT2D eigenvalue weighted by atomic mass is 9.78. The normalized spacial score (nSPS) is 22.6. The Hall–Kier alpha value is -1.92. The van der Waals surface area contributed by atoms with Gasteiger partial charge >= 0.3 is 5.97 Å². The zero-order chi connectivity index (χ0) is 19.3. The lowest BCUT2D eigenvalue weighted by molar-refractivity contribution is -0.151. The smallest absolute Gasteiger partial charge is 0.340 e. The summed E-state index contributed by atoms with van der Waals surface area (Å²) in [5.74, 6) is 0.149. The summed E-state index contributed by atoms with van der Waals surface area (Å²) in [6, 6.07) is 8.08. The van der Waals surface area contributed by atoms with Gasteiger partial charge in [-0.05, 0) is 60.6 Å². The van der Waals surface area contributed by atoms with E-state index in [0.29, 0.717) is 17.5 Å². The first-order valence-corrected chi connectivity index (χ1v) is 11.7. The molecule has 2 aromatic heterocycles. The van der Waals surface area contributed by atoms with E-state index in [1.165, 1.54) is 37.0 Å². The fraction of sp³-hybridized carbons (Fsp3) is 0.455. The zero-order valence-corrected chi connectivity index (χ0v) is 17.5. The number of ether oxygens (including phenoxy) is 1. The van der Waals surface area contributed by atoms with Gasteiger partial charge in [-0.1, -0.05) is 25.0 Å². The average molecular weight is 416 g/mol. The Morgan fingerprint density at radius 1 is 1.07 bits per heavy atom. The summed E-state index contributed by atoms with van der Waals surface area (Å²) in [5, 5.41) is 3.91. The van der Waals surface area contributed by atoms with Crippen molar-refractivity contribution >= 4 is 46.2 Å². The Labute approximate surface area is 173 Å². The topological polar surface area (TPSA) is 46.6 Å². The Morgan fingerprint density at radius 2 is 1.86 bits per heavy atom. The molecule has 4 rings (SSSR count). The number of carbonyl (C=O) groups excluding carboxylic acids is 2. The van der Waals surface area contributed by atoms with Crippen LogP contribution in [0.25, 0.3) is 11.6 Å². The van der Waals surface area contributed by atoms with Crippen LogP contribution in [0.4, 0.5) is 0 Å². The van der Waals surface area contributed by atoms with Gasteiger partial charge in [0.2, 0.25) is 0 Å². The molecule has 1 saturated carbocycles. The third-order valence-corrected chi connectivity index (χ3v) is 7.45. The molecule has 2 aromatic rings. The lowest BCUT2D eigenvalue weighted by Crippen LogP contribution is -2.50. The number of piperidine rings is 1. The molecule has 0 unspecified atom stereocenters. The first kappa shape index (κ1) is 19.4. The fourth-order valence-electron chi connectivity index (χ4n) is 4.40. The van der Waals surface area contributed by atoms with E-state index in [1.54, 1.807) is 11.3 Å². The third kappa shape index (κ3) is 4.39. The van der Waals surface area contributed by atoms with E-state index in [-0.39, 0.29) is 12.5 Å². The summed E-state index contributed by atoms with van der Waals surface area (Å²) in [7, 11) is 0. The van der Waals surface area contributed by atoms with Crippen molar-refractivity contribution in [1.82, 2.24) is 4.90 Å². The highest BCUT2D eigenvalue weighted by Gasteiger charge is 2.35. The first-order chi connectivity index (χ1) is 13.7. The van der Waals surface area contributed by atoms with Gasteiger partial charge in [0.15, 0.2) is 6.61 Å². The van der Waals surface area contributed by atoms with Crippen molar-refractivity contribution in [2.75, 3.05) is 13.2 Å². The van der Waals surface area contributed by atoms with Crippen LogP contribution in [0.5, 0.6) is 0 Å². The minimum absolute atomic E-state index is 0.0494. The molecule has 0 radical (unpaired) electrons. The van der Waals surface area contributed by atoms with Crippen molar-refractivity contribution in [2.24, 2.45) is 5.92 Å². The van der Waals surface area contributed by atoms with Crippen molar-refractivity contribution < 1.29 is 14.3 Å². The molecule has 3 heterocycles. The van der Waals surface area contributed by atoms with Crippen LogP contribution in [0.15, 0.2) is 35.0 Å². The highest BCUT2D eigenvalue weighted by Crippen LogP contribution is 2.35. The number of rotatable bonds is 5. The Balaban J connectivity index is 1.42. The van der Waals surface area contributed by atoms with E-state index < -0.39 is 5.97 Å². The van der Waals surface area contributed by atoms with Crippen molar-refractivity contribution in [3.63, 3.8) is 0 Å². The standard InChI is InChI=1S/C22H25NO3S2/c24-21(23-11-3-7-16-6-1-2-9-19(16)23)15-26-22(25)18(20-10-5-13-28-20)14-17-8-4-12-27-17/h4-5,8,10,12-14,16,19H,1-3,6-7,9,11,15H2/b18-14+/t16-,19-/m1/s1. The van der Waals surface area contributed by atoms with Gasteiger partial charge in [0.25, 0.3) is 5.91 Å². The van der Waals surface area contributed by atoms with Crippen LogP contribution in [0, 0.1) is 5.92 Å². The molecule has 0 spiro atoms. The lowest BCUT2D eigenvalue weighted by Gasteiger charge is -2.44. The molecule has 2 atom stereocenters. The number of likely N-dealkylation sites (tertiary alicyclic amines) is 1. The maximum Gasteiger partial charge on any atom is 0.340 e. The number of amides is 1. The largest absolute Gasteiger partial charge is 0.452 e. The van der Waals surface area contributed by atoms with E-state index in [4.69, 9.17) is 4.74 Å². The summed E-state index contributed by atoms with van der Waals surface area (Å²) in [6.07, 6.45) is 8.90. The fourth-order valence-corrected chi connectivity index (χ4v) is 5.79. The number of hydrogen-bond acceptors (Lipinski definition) is 5. The number of thiophene rings is 2. The molecule has 28 heavy (non-hydrogen) atoms. The summed E-state index contributed by atoms with van der Waals surface area (Å²) in [5.41, 5.74) is 0.513. The molecule has 2 fully saturated rings. The molecular weight excluding hydrogens is 390 g/mol. The van der Waals surface area contributed by atoms with E-state index >= 15 is 0 Å². The average Bonchev–Trinajstić information content (AvgIpc) is 3.43. The molecular formula is C22H25NO3S2. The molecule has 1 saturated heterocycles. The zero-order valence-electron chi connectivity index (χ0n) is 15.8. The molecule has 2 aliphatic rings. The van der Waals surface area contributed by atoms with Gasteiger partial charge in [-0.3, -0.25) is 4.79 Å². The molecule has 148 valence electrons. The number of hydrogen-bond donors (Lipinski definition) is 0. The SMILES string of the molecule is O=C(OCC(=O)N1CCC[C@H]2CCCC[C@H]21)/C(=C/c1cccs1)c1cccs1. The molecule has 1 aliphatic heterocycles. The predicted molar refractivity (Wildman–Crippen MR) is 114 cm³/mol. The molecule has 1 aliphatic carbocycles. The van der Waals surface area contributed by atoms with E-state index in [2.05, 4.69) is 0 Å². The summed E-state index contributed by atoms with van der Waals surface area (Å²) in [6.45, 7) is 0.621. The van der Waals surface area contributed by atoms with Gasteiger partial charge in [0.1, 0.15) is 0 Å². The van der Waals surface area contributed by atoms with E-state index in [9.17, 15) is 9.59 Å². The van der Waals surface area contributed by atoms with Gasteiger partial charge in [0.05, 0.1) is 5.57 Å². The minimum atomic E-state index is -0.429. The maximum atomic E-state index is 12.8. The second-order valence-electron chi connectivity index (χ2n) is 7.47. The Morgan fingerprint density at radius 3 is 2.64 bits per heavy atom. The quantitative estimate of drug-likeness (QED) is 0.506. The van der Waals surface area contributed by atoms with Crippen molar-refractivity contribution in [2.45, 2.75) is 44.6 Å². The second-order valence-corrected chi connectivity index (χ2v) is 9.40. The van der Waals surface area contributed by atoms with Crippen LogP contribution in [-0.4, -0.2) is 36.0 Å². The first-order valence-electron chi connectivity index (χ1n) is 9.98. The summed E-state index contributed by atoms with van der Waals surface area (Å²) in [4.78, 5) is 29.4. The van der Waals surface area contributed by atoms with Crippen molar-refractivity contribution in [3.8, 4) is 0 Å². The van der Waals surface area contributed by atoms with E-state index in [1.807, 2.05) is 46.0 Å². The van der Waals surface area contributed by atoms with Crippen LogP contribution in [0.1, 0.15) is 48.3 Å². The van der Waals surface area contributed by atoms with Gasteiger partial charge in [0, 0.05) is 22.3 Å². The van der Waals surface area contributed by atoms with Crippen LogP contribution >= 0.6 is 22.7 Å². The van der Waals surface area contributed by atoms with Crippen LogP contribution in [0.3, 0.4) is 0 Å². The van der Waals surface area contributed by atoms with Crippen LogP contribution in [0.2, 0.25) is 0 Å². The van der Waals surface area contributed by atoms with E-state index in [0.717, 1.165) is 29.1 Å². The van der Waals surface area contributed by atoms with Crippen molar-refractivity contribution in [1.29, 1.82) is 0 Å². The van der Waals surface area contributed by atoms with Gasteiger partial charge in [-0.25, -0.2) is 4.79 Å². The highest BCUT2D eigenvalue weighted by atomic mass is 32.1.